The van der Waals surface area contributed by atoms with Gasteiger partial charge in [-0.1, -0.05) is 37.3 Å². The molecular weight excluding hydrogens is 332 g/mol. The first kappa shape index (κ1) is 17.9. The summed E-state index contributed by atoms with van der Waals surface area (Å²) >= 11 is 0. The van der Waals surface area contributed by atoms with Gasteiger partial charge in [-0.05, 0) is 30.7 Å². The number of hydrogen-bond acceptors (Lipinski definition) is 7. The van der Waals surface area contributed by atoms with Crippen LogP contribution in [0.25, 0.3) is 0 Å². The van der Waals surface area contributed by atoms with Gasteiger partial charge < -0.3 is 16.0 Å². The van der Waals surface area contributed by atoms with E-state index in [-0.39, 0.29) is 11.5 Å². The molecule has 0 aliphatic carbocycles. The zero-order chi connectivity index (χ0) is 18.5. The van der Waals surface area contributed by atoms with E-state index in [0.717, 1.165) is 32.4 Å². The number of nitrogens with one attached hydrogen (secondary N) is 1. The van der Waals surface area contributed by atoms with Crippen LogP contribution in [0.1, 0.15) is 25.3 Å². The third-order valence-corrected chi connectivity index (χ3v) is 4.70. The summed E-state index contributed by atoms with van der Waals surface area (Å²) in [5.41, 5.74) is 6.87. The number of nitrogens with zero attached hydrogens (tertiary/aromatic N) is 4. The molecule has 3 rings (SSSR count). The Bertz CT molecular complexity index is 760. The van der Waals surface area contributed by atoms with E-state index in [2.05, 4.69) is 22.2 Å². The quantitative estimate of drug-likeness (QED) is 0.605. The minimum Gasteiger partial charge on any atom is -0.378 e. The predicted octanol–water partition coefficient (Wildman–Crippen LogP) is 2.86. The second kappa shape index (κ2) is 7.99. The molecule has 1 aliphatic rings. The maximum atomic E-state index is 11.5. The maximum Gasteiger partial charge on any atom is 0.353 e. The van der Waals surface area contributed by atoms with E-state index in [1.165, 1.54) is 5.56 Å². The van der Waals surface area contributed by atoms with Gasteiger partial charge in [-0.3, -0.25) is 10.1 Å². The number of nitrogens with two attached hydrogens (primary N) is 1. The van der Waals surface area contributed by atoms with E-state index in [1.54, 1.807) is 0 Å². The molecule has 138 valence electrons. The van der Waals surface area contributed by atoms with Crippen LogP contribution in [-0.4, -0.2) is 34.5 Å². The van der Waals surface area contributed by atoms with E-state index in [1.807, 2.05) is 35.2 Å². The minimum absolute atomic E-state index is 0.0965. The van der Waals surface area contributed by atoms with E-state index >= 15 is 0 Å². The Balaban J connectivity index is 1.77. The molecule has 0 atom stereocenters. The summed E-state index contributed by atoms with van der Waals surface area (Å²) in [6.07, 6.45) is 2.77. The lowest BCUT2D eigenvalue weighted by atomic mass is 9.99. The summed E-state index contributed by atoms with van der Waals surface area (Å²) in [7, 11) is 0. The summed E-state index contributed by atoms with van der Waals surface area (Å²) in [5, 5.41) is 14.6. The molecule has 2 aromatic rings. The largest absolute Gasteiger partial charge is 0.378 e. The van der Waals surface area contributed by atoms with Gasteiger partial charge in [-0.25, -0.2) is 0 Å². The molecule has 0 radical (unpaired) electrons. The van der Waals surface area contributed by atoms with E-state index in [4.69, 9.17) is 5.73 Å². The molecule has 1 saturated heterocycles. The van der Waals surface area contributed by atoms with Crippen molar-refractivity contribution in [3.05, 3.63) is 46.0 Å². The zero-order valence-corrected chi connectivity index (χ0v) is 14.9. The van der Waals surface area contributed by atoms with Crippen LogP contribution >= 0.6 is 0 Å². The van der Waals surface area contributed by atoms with Crippen molar-refractivity contribution in [2.45, 2.75) is 26.2 Å². The van der Waals surface area contributed by atoms with Crippen molar-refractivity contribution >= 4 is 23.3 Å². The molecule has 0 spiro atoms. The molecule has 0 unspecified atom stereocenters. The summed E-state index contributed by atoms with van der Waals surface area (Å²) in [5.74, 6) is 1.17. The number of piperidine rings is 1. The smallest absolute Gasteiger partial charge is 0.353 e. The van der Waals surface area contributed by atoms with Crippen LogP contribution in [0.3, 0.4) is 0 Å². The average Bonchev–Trinajstić information content (AvgIpc) is 2.62. The third kappa shape index (κ3) is 4.19. The van der Waals surface area contributed by atoms with Crippen LogP contribution in [0.4, 0.5) is 23.3 Å². The first-order chi connectivity index (χ1) is 12.5. The second-order valence-corrected chi connectivity index (χ2v) is 6.69. The SMILES string of the molecule is CC1CCN(c2nc(NCCc3ccccc3)nc(N)c2[N+](=O)[O-])CC1. The molecule has 2 heterocycles. The van der Waals surface area contributed by atoms with Crippen molar-refractivity contribution in [3.8, 4) is 0 Å². The Morgan fingerprint density at radius 3 is 2.62 bits per heavy atom. The van der Waals surface area contributed by atoms with Crippen molar-refractivity contribution in [1.29, 1.82) is 0 Å². The Morgan fingerprint density at radius 1 is 1.27 bits per heavy atom. The van der Waals surface area contributed by atoms with Crippen molar-refractivity contribution in [3.63, 3.8) is 0 Å². The molecule has 1 aromatic heterocycles. The highest BCUT2D eigenvalue weighted by Crippen LogP contribution is 2.34. The molecule has 8 heteroatoms. The molecule has 3 N–H and O–H groups in total. The maximum absolute atomic E-state index is 11.5. The van der Waals surface area contributed by atoms with Crippen LogP contribution in [0.15, 0.2) is 30.3 Å². The lowest BCUT2D eigenvalue weighted by Crippen LogP contribution is -2.34. The van der Waals surface area contributed by atoms with Crippen LogP contribution < -0.4 is 16.0 Å². The predicted molar refractivity (Wildman–Crippen MR) is 102 cm³/mol. The van der Waals surface area contributed by atoms with Gasteiger partial charge in [0, 0.05) is 19.6 Å². The molecule has 1 fully saturated rings. The second-order valence-electron chi connectivity index (χ2n) is 6.69. The standard InChI is InChI=1S/C18H24N6O2/c1-13-8-11-23(12-9-13)17-15(24(25)26)16(19)21-18(22-17)20-10-7-14-5-3-2-4-6-14/h2-6,13H,7-12H2,1H3,(H3,19,20,21,22). The third-order valence-electron chi connectivity index (χ3n) is 4.70. The molecule has 1 aromatic carbocycles. The number of anilines is 3. The molecule has 0 saturated carbocycles. The molecule has 0 bridgehead atoms. The van der Waals surface area contributed by atoms with Gasteiger partial charge in [0.2, 0.25) is 17.6 Å². The Kier molecular flexibility index (Phi) is 5.50. The molecule has 26 heavy (non-hydrogen) atoms. The van der Waals surface area contributed by atoms with E-state index < -0.39 is 4.92 Å². The van der Waals surface area contributed by atoms with E-state index in [9.17, 15) is 10.1 Å². The van der Waals surface area contributed by atoms with Gasteiger partial charge in [0.25, 0.3) is 0 Å². The Labute approximate surface area is 152 Å². The summed E-state index contributed by atoms with van der Waals surface area (Å²) < 4.78 is 0. The first-order valence-electron chi connectivity index (χ1n) is 8.89. The normalized spacial score (nSPS) is 15.0. The zero-order valence-electron chi connectivity index (χ0n) is 14.9. The van der Waals surface area contributed by atoms with Crippen LogP contribution in [0.5, 0.6) is 0 Å². The fourth-order valence-corrected chi connectivity index (χ4v) is 3.12. The summed E-state index contributed by atoms with van der Waals surface area (Å²) in [6, 6.07) is 10.1. The van der Waals surface area contributed by atoms with Crippen molar-refractivity contribution in [2.75, 3.05) is 35.6 Å². The van der Waals surface area contributed by atoms with Gasteiger partial charge in [-0.2, -0.15) is 9.97 Å². The number of rotatable bonds is 6. The molecule has 1 aliphatic heterocycles. The number of hydrogen-bond donors (Lipinski definition) is 2. The number of benzene rings is 1. The molecule has 0 amide bonds. The fraction of sp³-hybridized carbons (Fsp3) is 0.444. The molecule has 8 nitrogen and oxygen atoms in total. The van der Waals surface area contributed by atoms with Gasteiger partial charge in [0.15, 0.2) is 0 Å². The number of nitrogen functional groups attached to an aromatic ring is 1. The highest BCUT2D eigenvalue weighted by Gasteiger charge is 2.29. The van der Waals surface area contributed by atoms with Crippen LogP contribution in [-0.2, 0) is 6.42 Å². The summed E-state index contributed by atoms with van der Waals surface area (Å²) in [4.78, 5) is 21.4. The van der Waals surface area contributed by atoms with E-state index in [0.29, 0.717) is 24.2 Å². The highest BCUT2D eigenvalue weighted by atomic mass is 16.6. The Hall–Kier alpha value is -2.90. The van der Waals surface area contributed by atoms with Gasteiger partial charge in [-0.15, -0.1) is 0 Å². The lowest BCUT2D eigenvalue weighted by Gasteiger charge is -2.31. The monoisotopic (exact) mass is 356 g/mol. The lowest BCUT2D eigenvalue weighted by molar-refractivity contribution is -0.383. The van der Waals surface area contributed by atoms with Gasteiger partial charge in [0.1, 0.15) is 0 Å². The Morgan fingerprint density at radius 2 is 1.96 bits per heavy atom. The topological polar surface area (TPSA) is 110 Å². The van der Waals surface area contributed by atoms with Crippen LogP contribution in [0.2, 0.25) is 0 Å². The number of aromatic nitrogens is 2. The first-order valence-corrected chi connectivity index (χ1v) is 8.89. The number of nitro groups is 1. The van der Waals surface area contributed by atoms with Gasteiger partial charge in [0.05, 0.1) is 4.92 Å². The fourth-order valence-electron chi connectivity index (χ4n) is 3.12. The minimum atomic E-state index is -0.490. The van der Waals surface area contributed by atoms with Crippen molar-refractivity contribution in [1.82, 2.24) is 9.97 Å². The summed E-state index contributed by atoms with van der Waals surface area (Å²) in [6.45, 7) is 4.29. The van der Waals surface area contributed by atoms with Crippen LogP contribution in [0, 0.1) is 16.0 Å². The van der Waals surface area contributed by atoms with Gasteiger partial charge >= 0.3 is 5.69 Å². The molecular formula is C18H24N6O2. The van der Waals surface area contributed by atoms with Crippen molar-refractivity contribution in [2.24, 2.45) is 5.92 Å². The average molecular weight is 356 g/mol. The highest BCUT2D eigenvalue weighted by molar-refractivity contribution is 5.71. The van der Waals surface area contributed by atoms with Crippen molar-refractivity contribution < 1.29 is 4.92 Å².